The molecule has 2 aliphatic rings. The average molecular weight is 398 g/mol. The largest absolute Gasteiger partial charge is 0.410 e. The van der Waals surface area contributed by atoms with Gasteiger partial charge >= 0.3 is 6.18 Å². The quantitative estimate of drug-likeness (QED) is 0.855. The summed E-state index contributed by atoms with van der Waals surface area (Å²) in [5, 5.41) is 14.7. The van der Waals surface area contributed by atoms with Gasteiger partial charge in [0.1, 0.15) is 17.2 Å². The molecule has 2 aromatic rings. The van der Waals surface area contributed by atoms with E-state index in [1.807, 2.05) is 0 Å². The summed E-state index contributed by atoms with van der Waals surface area (Å²) in [4.78, 5) is 14.4. The van der Waals surface area contributed by atoms with E-state index in [9.17, 15) is 18.0 Å². The highest BCUT2D eigenvalue weighted by molar-refractivity contribution is 5.79. The van der Waals surface area contributed by atoms with Crippen LogP contribution in [0.4, 0.5) is 19.0 Å². The van der Waals surface area contributed by atoms with Crippen molar-refractivity contribution in [1.82, 2.24) is 25.0 Å². The second kappa shape index (κ2) is 6.78. The molecule has 2 aromatic heterocycles. The van der Waals surface area contributed by atoms with Crippen molar-refractivity contribution in [2.75, 3.05) is 11.9 Å². The molecule has 0 spiro atoms. The fourth-order valence-corrected chi connectivity index (χ4v) is 3.97. The molecule has 4 rings (SSSR count). The topological polar surface area (TPSA) is 89.1 Å². The number of hydrogen-bond donors (Lipinski definition) is 1. The van der Waals surface area contributed by atoms with Crippen molar-refractivity contribution in [3.8, 4) is 0 Å². The fourth-order valence-electron chi connectivity index (χ4n) is 3.97. The van der Waals surface area contributed by atoms with Crippen molar-refractivity contribution in [2.45, 2.75) is 63.8 Å². The number of fused-ring (bicyclic) bond motifs is 1. The highest BCUT2D eigenvalue weighted by Crippen LogP contribution is 2.41. The number of aryl methyl sites for hydroxylation is 1. The lowest BCUT2D eigenvalue weighted by atomic mass is 10.1. The summed E-state index contributed by atoms with van der Waals surface area (Å²) in [5.41, 5.74) is 1.49. The second-order valence-corrected chi connectivity index (χ2v) is 7.46. The van der Waals surface area contributed by atoms with Gasteiger partial charge in [-0.25, -0.2) is 9.31 Å². The minimum absolute atomic E-state index is 0.0415. The van der Waals surface area contributed by atoms with Crippen LogP contribution >= 0.6 is 0 Å². The Bertz CT molecular complexity index is 877. The molecular weight excluding hydrogens is 377 g/mol. The van der Waals surface area contributed by atoms with E-state index in [0.717, 1.165) is 11.1 Å². The number of alkyl halides is 3. The van der Waals surface area contributed by atoms with Crippen LogP contribution in [0.3, 0.4) is 0 Å². The van der Waals surface area contributed by atoms with Crippen LogP contribution in [0.15, 0.2) is 10.7 Å². The number of likely N-dealkylation sites (tertiary alicyclic amines) is 1. The average Bonchev–Trinajstić information content (AvgIpc) is 3.32. The zero-order valence-electron chi connectivity index (χ0n) is 15.5. The van der Waals surface area contributed by atoms with E-state index in [1.54, 1.807) is 24.8 Å². The van der Waals surface area contributed by atoms with Crippen molar-refractivity contribution in [3.63, 3.8) is 0 Å². The second-order valence-electron chi connectivity index (χ2n) is 7.46. The molecule has 1 amide bonds. The van der Waals surface area contributed by atoms with E-state index in [2.05, 4.69) is 25.4 Å². The Morgan fingerprint density at radius 1 is 1.39 bits per heavy atom. The smallest absolute Gasteiger partial charge is 0.368 e. The Kier molecular flexibility index (Phi) is 4.54. The van der Waals surface area contributed by atoms with Crippen molar-refractivity contribution < 1.29 is 22.6 Å². The summed E-state index contributed by atoms with van der Waals surface area (Å²) in [7, 11) is 0. The molecule has 1 fully saturated rings. The van der Waals surface area contributed by atoms with Gasteiger partial charge in [-0.3, -0.25) is 4.79 Å². The first kappa shape index (κ1) is 18.8. The third kappa shape index (κ3) is 3.33. The van der Waals surface area contributed by atoms with E-state index in [-0.39, 0.29) is 30.8 Å². The molecule has 0 aromatic carbocycles. The van der Waals surface area contributed by atoms with Gasteiger partial charge in [0, 0.05) is 18.7 Å². The zero-order chi connectivity index (χ0) is 20.1. The molecule has 4 heterocycles. The van der Waals surface area contributed by atoms with Gasteiger partial charge in [0.2, 0.25) is 5.91 Å². The molecule has 2 aliphatic heterocycles. The SMILES string of the molecule is Cc1nonc1CC(=O)N1CCCC1c1cc2n(n1)[C@@H](C(F)(F)F)C[C@@H](C)N2. The highest BCUT2D eigenvalue weighted by atomic mass is 19.4. The molecular formula is C17H21F3N6O2. The number of anilines is 1. The number of rotatable bonds is 3. The number of halogens is 3. The standard InChI is InChI=1S/C17H21F3N6O2/c1-9-6-14(17(18,19)20)26-15(21-9)7-12(22-26)13-4-3-5-25(13)16(27)8-11-10(2)23-28-24-11/h7,9,13-14,21H,3-6,8H2,1-2H3/t9-,13?,14-/m1/s1. The van der Waals surface area contributed by atoms with E-state index in [0.29, 0.717) is 35.9 Å². The Labute approximate surface area is 159 Å². The van der Waals surface area contributed by atoms with Gasteiger partial charge in [-0.15, -0.1) is 0 Å². The van der Waals surface area contributed by atoms with Crippen molar-refractivity contribution >= 4 is 11.7 Å². The molecule has 152 valence electrons. The van der Waals surface area contributed by atoms with Gasteiger partial charge in [-0.05, 0) is 33.1 Å². The molecule has 0 saturated carbocycles. The molecule has 0 bridgehead atoms. The molecule has 1 saturated heterocycles. The van der Waals surface area contributed by atoms with Crippen molar-refractivity contribution in [3.05, 3.63) is 23.1 Å². The van der Waals surface area contributed by atoms with E-state index in [1.165, 1.54) is 0 Å². The third-order valence-electron chi connectivity index (χ3n) is 5.38. The minimum Gasteiger partial charge on any atom is -0.368 e. The number of nitrogens with one attached hydrogen (secondary N) is 1. The number of amides is 1. The zero-order valence-corrected chi connectivity index (χ0v) is 15.5. The fraction of sp³-hybridized carbons (Fsp3) is 0.647. The maximum Gasteiger partial charge on any atom is 0.410 e. The number of aromatic nitrogens is 4. The number of carbonyl (C=O) groups is 1. The molecule has 8 nitrogen and oxygen atoms in total. The first-order valence-electron chi connectivity index (χ1n) is 9.24. The lowest BCUT2D eigenvalue weighted by Crippen LogP contribution is -2.38. The Morgan fingerprint density at radius 2 is 2.18 bits per heavy atom. The maximum atomic E-state index is 13.5. The van der Waals surface area contributed by atoms with Crippen LogP contribution in [-0.2, 0) is 11.2 Å². The molecule has 1 N–H and O–H groups in total. The Balaban J connectivity index is 1.59. The molecule has 0 aliphatic carbocycles. The normalized spacial score (nSPS) is 24.9. The molecule has 11 heteroatoms. The highest BCUT2D eigenvalue weighted by Gasteiger charge is 2.46. The maximum absolute atomic E-state index is 13.5. The van der Waals surface area contributed by atoms with Crippen LogP contribution in [0.5, 0.6) is 0 Å². The molecule has 3 atom stereocenters. The van der Waals surface area contributed by atoms with Crippen LogP contribution < -0.4 is 5.32 Å². The number of hydrogen-bond acceptors (Lipinski definition) is 6. The van der Waals surface area contributed by atoms with Crippen LogP contribution in [0.2, 0.25) is 0 Å². The summed E-state index contributed by atoms with van der Waals surface area (Å²) in [6.45, 7) is 3.95. The molecule has 1 unspecified atom stereocenters. The van der Waals surface area contributed by atoms with Gasteiger partial charge in [0.25, 0.3) is 0 Å². The van der Waals surface area contributed by atoms with Gasteiger partial charge in [-0.1, -0.05) is 10.3 Å². The summed E-state index contributed by atoms with van der Waals surface area (Å²) in [6, 6.07) is -0.695. The summed E-state index contributed by atoms with van der Waals surface area (Å²) >= 11 is 0. The van der Waals surface area contributed by atoms with Gasteiger partial charge in [0.05, 0.1) is 18.2 Å². The first-order valence-corrected chi connectivity index (χ1v) is 9.24. The monoisotopic (exact) mass is 398 g/mol. The van der Waals surface area contributed by atoms with Crippen molar-refractivity contribution in [1.29, 1.82) is 0 Å². The molecule has 28 heavy (non-hydrogen) atoms. The Hall–Kier alpha value is -2.59. The lowest BCUT2D eigenvalue weighted by Gasteiger charge is -2.31. The van der Waals surface area contributed by atoms with Crippen LogP contribution in [0.1, 0.15) is 55.4 Å². The first-order chi connectivity index (χ1) is 13.2. The van der Waals surface area contributed by atoms with E-state index in [4.69, 9.17) is 0 Å². The summed E-state index contributed by atoms with van der Waals surface area (Å²) in [5.74, 6) is 0.174. The third-order valence-corrected chi connectivity index (χ3v) is 5.38. The predicted octanol–water partition coefficient (Wildman–Crippen LogP) is 2.79. The van der Waals surface area contributed by atoms with Crippen LogP contribution in [-0.4, -0.2) is 49.7 Å². The number of carbonyl (C=O) groups excluding carboxylic acids is 1. The minimum atomic E-state index is -4.38. The lowest BCUT2D eigenvalue weighted by molar-refractivity contribution is -0.173. The summed E-state index contributed by atoms with van der Waals surface area (Å²) in [6.07, 6.45) is -2.99. The van der Waals surface area contributed by atoms with Crippen LogP contribution in [0.25, 0.3) is 0 Å². The van der Waals surface area contributed by atoms with E-state index >= 15 is 0 Å². The van der Waals surface area contributed by atoms with Gasteiger partial charge in [0.15, 0.2) is 6.04 Å². The van der Waals surface area contributed by atoms with Crippen LogP contribution in [0, 0.1) is 6.92 Å². The Morgan fingerprint density at radius 3 is 2.86 bits per heavy atom. The van der Waals surface area contributed by atoms with E-state index < -0.39 is 12.2 Å². The summed E-state index contributed by atoms with van der Waals surface area (Å²) < 4.78 is 46.0. The van der Waals surface area contributed by atoms with Gasteiger partial charge < -0.3 is 10.2 Å². The van der Waals surface area contributed by atoms with Crippen molar-refractivity contribution in [2.24, 2.45) is 0 Å². The van der Waals surface area contributed by atoms with Gasteiger partial charge in [-0.2, -0.15) is 18.3 Å². The number of nitrogens with zero attached hydrogens (tertiary/aromatic N) is 5. The molecule has 0 radical (unpaired) electrons. The predicted molar refractivity (Wildman–Crippen MR) is 91.4 cm³/mol.